The molecule has 0 spiro atoms. The number of fused-ring (bicyclic) bond motifs is 1. The number of rotatable bonds is 5. The van der Waals surface area contributed by atoms with Gasteiger partial charge in [0.05, 0.1) is 17.7 Å². The fraction of sp³-hybridized carbons (Fsp3) is 0.214. The molecule has 0 aliphatic carbocycles. The van der Waals surface area contributed by atoms with Crippen molar-refractivity contribution in [3.63, 3.8) is 0 Å². The lowest BCUT2D eigenvalue weighted by Gasteiger charge is -2.38. The van der Waals surface area contributed by atoms with Gasteiger partial charge in [0.15, 0.2) is 5.76 Å². The molecule has 1 saturated heterocycles. The molecule has 0 atom stereocenters. The summed E-state index contributed by atoms with van der Waals surface area (Å²) in [5, 5.41) is 11.1. The second-order valence-electron chi connectivity index (χ2n) is 8.94. The standard InChI is InChI=1S/C28H27N3O6S/c1-37-23-13-7-6-12-22(23)29-15-17-30(18-16-29)25(32)19-31-26(27(33)20-9-3-2-4-10-20)28(34)21-11-5-8-14-24(21)38(31,35)36/h2-14,33H,15-19H2,1H3/b27-26-. The number of carbonyl (C=O) groups excluding carboxylic acids is 2. The minimum absolute atomic E-state index is 0.0425. The zero-order chi connectivity index (χ0) is 26.9. The first-order valence-corrected chi connectivity index (χ1v) is 13.6. The summed E-state index contributed by atoms with van der Waals surface area (Å²) in [6.07, 6.45) is 0. The maximum atomic E-state index is 13.7. The number of aliphatic hydroxyl groups excluding tert-OH is 1. The number of nitrogens with zero attached hydrogens (tertiary/aromatic N) is 3. The molecule has 0 aromatic heterocycles. The van der Waals surface area contributed by atoms with E-state index in [1.165, 1.54) is 18.2 Å². The van der Waals surface area contributed by atoms with Crippen LogP contribution >= 0.6 is 0 Å². The first kappa shape index (κ1) is 25.3. The van der Waals surface area contributed by atoms with Crippen LogP contribution in [0, 0.1) is 0 Å². The normalized spacial score (nSPS) is 18.1. The SMILES string of the molecule is COc1ccccc1N1CCN(C(=O)CN2/C(=C(\O)c3ccccc3)C(=O)c3ccccc3S2(=O)=O)CC1. The molecule has 9 nitrogen and oxygen atoms in total. The molecule has 0 radical (unpaired) electrons. The first-order valence-electron chi connectivity index (χ1n) is 12.1. The largest absolute Gasteiger partial charge is 0.505 e. The number of amides is 1. The van der Waals surface area contributed by atoms with Crippen LogP contribution < -0.4 is 9.64 Å². The molecule has 1 amide bonds. The van der Waals surface area contributed by atoms with Crippen LogP contribution in [0.25, 0.3) is 5.76 Å². The summed E-state index contributed by atoms with van der Waals surface area (Å²) in [6.45, 7) is 1.17. The molecular formula is C28H27N3O6S. The number of benzene rings is 3. The zero-order valence-electron chi connectivity index (χ0n) is 20.8. The van der Waals surface area contributed by atoms with Gasteiger partial charge in [0, 0.05) is 37.3 Å². The highest BCUT2D eigenvalue weighted by atomic mass is 32.2. The van der Waals surface area contributed by atoms with E-state index in [0.717, 1.165) is 15.7 Å². The molecule has 3 aromatic rings. The Labute approximate surface area is 221 Å². The highest BCUT2D eigenvalue weighted by Crippen LogP contribution is 2.35. The number of carbonyl (C=O) groups is 2. The molecule has 0 saturated carbocycles. The Balaban J connectivity index is 1.44. The number of Topliss-reactive ketones (excluding diaryl/α,β-unsaturated/α-hetero) is 1. The monoisotopic (exact) mass is 533 g/mol. The molecule has 1 fully saturated rings. The molecule has 38 heavy (non-hydrogen) atoms. The Kier molecular flexibility index (Phi) is 6.81. The number of para-hydroxylation sites is 2. The van der Waals surface area contributed by atoms with Crippen molar-refractivity contribution < 1.29 is 27.9 Å². The highest BCUT2D eigenvalue weighted by molar-refractivity contribution is 7.89. The van der Waals surface area contributed by atoms with Gasteiger partial charge in [-0.25, -0.2) is 12.7 Å². The Morgan fingerprint density at radius 3 is 2.24 bits per heavy atom. The van der Waals surface area contributed by atoms with E-state index < -0.39 is 39.7 Å². The van der Waals surface area contributed by atoms with E-state index in [2.05, 4.69) is 4.90 Å². The molecule has 196 valence electrons. The van der Waals surface area contributed by atoms with E-state index in [0.29, 0.717) is 26.2 Å². The van der Waals surface area contributed by atoms with E-state index >= 15 is 0 Å². The minimum atomic E-state index is -4.29. The topological polar surface area (TPSA) is 107 Å². The molecule has 2 aliphatic rings. The third-order valence-electron chi connectivity index (χ3n) is 6.77. The molecule has 1 N–H and O–H groups in total. The highest BCUT2D eigenvalue weighted by Gasteiger charge is 2.43. The Bertz CT molecular complexity index is 1510. The Hall–Kier alpha value is -4.31. The number of piperazine rings is 1. The number of ether oxygens (including phenoxy) is 1. The average Bonchev–Trinajstić information content (AvgIpc) is 2.96. The Morgan fingerprint density at radius 2 is 1.53 bits per heavy atom. The molecular weight excluding hydrogens is 506 g/mol. The van der Waals surface area contributed by atoms with E-state index in [1.54, 1.807) is 48.4 Å². The van der Waals surface area contributed by atoms with Crippen LogP contribution in [0.15, 0.2) is 89.5 Å². The summed E-state index contributed by atoms with van der Waals surface area (Å²) < 4.78 is 33.5. The van der Waals surface area contributed by atoms with Crippen molar-refractivity contribution in [1.29, 1.82) is 0 Å². The summed E-state index contributed by atoms with van der Waals surface area (Å²) in [5.41, 5.74) is 0.712. The summed E-state index contributed by atoms with van der Waals surface area (Å²) in [6, 6.07) is 21.7. The quantitative estimate of drug-likeness (QED) is 0.397. The van der Waals surface area contributed by atoms with Crippen LogP contribution in [0.5, 0.6) is 5.75 Å². The van der Waals surface area contributed by atoms with Crippen molar-refractivity contribution >= 4 is 33.2 Å². The first-order chi connectivity index (χ1) is 18.3. The molecule has 0 bridgehead atoms. The van der Waals surface area contributed by atoms with Gasteiger partial charge in [0.1, 0.15) is 18.0 Å². The van der Waals surface area contributed by atoms with Gasteiger partial charge in [-0.1, -0.05) is 54.6 Å². The number of hydrogen-bond acceptors (Lipinski definition) is 7. The fourth-order valence-electron chi connectivity index (χ4n) is 4.79. The lowest BCUT2D eigenvalue weighted by atomic mass is 10.0. The maximum absolute atomic E-state index is 13.7. The van der Waals surface area contributed by atoms with Crippen molar-refractivity contribution in [1.82, 2.24) is 9.21 Å². The van der Waals surface area contributed by atoms with Crippen molar-refractivity contribution in [3.8, 4) is 5.75 Å². The van der Waals surface area contributed by atoms with Crippen molar-refractivity contribution in [2.24, 2.45) is 0 Å². The van der Waals surface area contributed by atoms with Gasteiger partial charge in [-0.05, 0) is 24.3 Å². The lowest BCUT2D eigenvalue weighted by molar-refractivity contribution is -0.131. The number of hydrogen-bond donors (Lipinski definition) is 1. The molecule has 10 heteroatoms. The molecule has 5 rings (SSSR count). The van der Waals surface area contributed by atoms with E-state index in [4.69, 9.17) is 4.74 Å². The zero-order valence-corrected chi connectivity index (χ0v) is 21.6. The second kappa shape index (κ2) is 10.2. The summed E-state index contributed by atoms with van der Waals surface area (Å²) in [7, 11) is -2.69. The van der Waals surface area contributed by atoms with Crippen LogP contribution in [-0.2, 0) is 14.8 Å². The number of allylic oxidation sites excluding steroid dienone is 1. The van der Waals surface area contributed by atoms with E-state index in [9.17, 15) is 23.1 Å². The van der Waals surface area contributed by atoms with Crippen LogP contribution in [0.1, 0.15) is 15.9 Å². The molecule has 0 unspecified atom stereocenters. The minimum Gasteiger partial charge on any atom is -0.505 e. The second-order valence-corrected chi connectivity index (χ2v) is 10.8. The van der Waals surface area contributed by atoms with Gasteiger partial charge in [-0.15, -0.1) is 0 Å². The van der Waals surface area contributed by atoms with Gasteiger partial charge in [0.25, 0.3) is 10.0 Å². The lowest BCUT2D eigenvalue weighted by Crippen LogP contribution is -2.52. The van der Waals surface area contributed by atoms with Crippen LogP contribution in [0.2, 0.25) is 0 Å². The third-order valence-corrected chi connectivity index (χ3v) is 8.58. The maximum Gasteiger partial charge on any atom is 0.265 e. The summed E-state index contributed by atoms with van der Waals surface area (Å²) in [4.78, 5) is 30.4. The number of ketones is 1. The van der Waals surface area contributed by atoms with Gasteiger partial charge in [0.2, 0.25) is 11.7 Å². The number of anilines is 1. The van der Waals surface area contributed by atoms with Gasteiger partial charge < -0.3 is 19.6 Å². The van der Waals surface area contributed by atoms with Crippen LogP contribution in [-0.4, -0.2) is 74.3 Å². The number of sulfonamides is 1. The molecule has 3 aromatic carbocycles. The van der Waals surface area contributed by atoms with Gasteiger partial charge in [-0.3, -0.25) is 9.59 Å². The Morgan fingerprint density at radius 1 is 0.895 bits per heavy atom. The van der Waals surface area contributed by atoms with Crippen molar-refractivity contribution in [2.45, 2.75) is 4.90 Å². The van der Waals surface area contributed by atoms with Crippen LogP contribution in [0.4, 0.5) is 5.69 Å². The van der Waals surface area contributed by atoms with Crippen LogP contribution in [0.3, 0.4) is 0 Å². The van der Waals surface area contributed by atoms with Gasteiger partial charge in [-0.2, -0.15) is 0 Å². The van der Waals surface area contributed by atoms with Gasteiger partial charge >= 0.3 is 0 Å². The predicted octanol–water partition coefficient (Wildman–Crippen LogP) is 3.16. The van der Waals surface area contributed by atoms with Crippen molar-refractivity contribution in [3.05, 3.63) is 95.7 Å². The molecule has 2 aliphatic heterocycles. The number of methoxy groups -OCH3 is 1. The van der Waals surface area contributed by atoms with E-state index in [1.807, 2.05) is 24.3 Å². The fourth-order valence-corrected chi connectivity index (χ4v) is 6.41. The smallest absolute Gasteiger partial charge is 0.265 e. The average molecular weight is 534 g/mol. The summed E-state index contributed by atoms with van der Waals surface area (Å²) in [5.74, 6) is -0.887. The predicted molar refractivity (Wildman–Crippen MR) is 142 cm³/mol. The van der Waals surface area contributed by atoms with Crippen molar-refractivity contribution in [2.75, 3.05) is 44.7 Å². The molecule has 2 heterocycles. The summed E-state index contributed by atoms with van der Waals surface area (Å²) >= 11 is 0. The number of aliphatic hydroxyl groups is 1. The van der Waals surface area contributed by atoms with E-state index in [-0.39, 0.29) is 16.0 Å². The third kappa shape index (κ3) is 4.47.